The summed E-state index contributed by atoms with van der Waals surface area (Å²) in [5.74, 6) is -1.96. The number of carbonyl (C=O) groups is 4. The molecule has 1 aliphatic rings. The van der Waals surface area contributed by atoms with Crippen LogP contribution in [0, 0.1) is 0 Å². The van der Waals surface area contributed by atoms with E-state index in [9.17, 15) is 19.2 Å². The zero-order valence-corrected chi connectivity index (χ0v) is 26.2. The molecular weight excluding hydrogens is 667 g/mol. The molecule has 0 saturated carbocycles. The summed E-state index contributed by atoms with van der Waals surface area (Å²) in [6.07, 6.45) is 0.646. The maximum Gasteiger partial charge on any atom is 0.339 e. The molecule has 7 nitrogen and oxygen atoms in total. The number of benzene rings is 4. The Hall–Kier alpha value is -4.37. The van der Waals surface area contributed by atoms with Gasteiger partial charge in [0, 0.05) is 26.0 Å². The average molecular weight is 688 g/mol. The van der Waals surface area contributed by atoms with Gasteiger partial charge in [0.1, 0.15) is 0 Å². The fraction of sp³-hybridized carbons (Fsp3) is 0.0882. The summed E-state index contributed by atoms with van der Waals surface area (Å²) in [7, 11) is 0. The van der Waals surface area contributed by atoms with Gasteiger partial charge in [0.25, 0.3) is 11.8 Å². The van der Waals surface area contributed by atoms with Crippen LogP contribution in [0.5, 0.6) is 0 Å². The van der Waals surface area contributed by atoms with E-state index in [2.05, 4.69) is 15.9 Å². The van der Waals surface area contributed by atoms with Crippen LogP contribution in [0.3, 0.4) is 0 Å². The molecule has 218 valence electrons. The first-order valence-corrected chi connectivity index (χ1v) is 15.1. The number of aryl methyl sites for hydroxylation is 1. The van der Waals surface area contributed by atoms with Crippen molar-refractivity contribution in [3.63, 3.8) is 0 Å². The average Bonchev–Trinajstić information content (AvgIpc) is 3.28. The number of anilines is 1. The second-order valence-corrected chi connectivity index (χ2v) is 11.8. The van der Waals surface area contributed by atoms with Crippen molar-refractivity contribution >= 4 is 79.3 Å². The zero-order chi connectivity index (χ0) is 31.1. The number of hydrogen-bond acceptors (Lipinski definition) is 6. The Kier molecular flexibility index (Phi) is 8.07. The van der Waals surface area contributed by atoms with Crippen LogP contribution < -0.4 is 4.90 Å². The molecule has 0 bridgehead atoms. The second kappa shape index (κ2) is 12.0. The van der Waals surface area contributed by atoms with Crippen molar-refractivity contribution in [2.75, 3.05) is 11.5 Å². The highest BCUT2D eigenvalue weighted by molar-refractivity contribution is 9.10. The minimum atomic E-state index is -0.708. The number of nitrogens with zero attached hydrogens (tertiary/aromatic N) is 2. The number of halogens is 3. The summed E-state index contributed by atoms with van der Waals surface area (Å²) < 4.78 is 6.24. The largest absolute Gasteiger partial charge is 0.454 e. The molecule has 0 fully saturated rings. The molecule has 0 N–H and O–H groups in total. The molecule has 10 heteroatoms. The van der Waals surface area contributed by atoms with Gasteiger partial charge in [-0.3, -0.25) is 14.4 Å². The smallest absolute Gasteiger partial charge is 0.339 e. The number of fused-ring (bicyclic) bond motifs is 2. The number of Topliss-reactive ketones (excluding diaryl/α,β-unsaturated/α-hetero) is 1. The van der Waals surface area contributed by atoms with Gasteiger partial charge in [-0.1, -0.05) is 70.3 Å². The van der Waals surface area contributed by atoms with Gasteiger partial charge in [-0.2, -0.15) is 0 Å². The number of rotatable bonds is 7. The quantitative estimate of drug-likeness (QED) is 0.0970. The van der Waals surface area contributed by atoms with Crippen LogP contribution >= 0.6 is 39.1 Å². The Morgan fingerprint density at radius 3 is 2.18 bits per heavy atom. The number of imide groups is 1. The van der Waals surface area contributed by atoms with Gasteiger partial charge in [0.15, 0.2) is 6.61 Å². The molecule has 0 atom stereocenters. The molecule has 0 unspecified atom stereocenters. The number of hydrogen-bond donors (Lipinski definition) is 0. The third-order valence-corrected chi connectivity index (χ3v) is 8.34. The normalized spacial score (nSPS) is 12.5. The van der Waals surface area contributed by atoms with Crippen LogP contribution in [0.1, 0.15) is 53.9 Å². The topological polar surface area (TPSA) is 93.6 Å². The molecule has 0 radical (unpaired) electrons. The molecule has 6 rings (SSSR count). The van der Waals surface area contributed by atoms with E-state index in [1.54, 1.807) is 60.7 Å². The van der Waals surface area contributed by atoms with E-state index in [1.165, 1.54) is 18.2 Å². The van der Waals surface area contributed by atoms with Gasteiger partial charge in [-0.15, -0.1) is 0 Å². The lowest BCUT2D eigenvalue weighted by molar-refractivity contribution is 0.0476. The third kappa shape index (κ3) is 5.41. The maximum absolute atomic E-state index is 13.5. The summed E-state index contributed by atoms with van der Waals surface area (Å²) in [5.41, 5.74) is 4.18. The lowest BCUT2D eigenvalue weighted by atomic mass is 10.0. The predicted octanol–water partition coefficient (Wildman–Crippen LogP) is 8.37. The van der Waals surface area contributed by atoms with Crippen molar-refractivity contribution in [3.8, 4) is 11.3 Å². The molecule has 0 aliphatic carbocycles. The third-order valence-electron chi connectivity index (χ3n) is 7.34. The molecule has 1 aromatic heterocycles. The molecule has 2 heterocycles. The lowest BCUT2D eigenvalue weighted by Crippen LogP contribution is -2.29. The van der Waals surface area contributed by atoms with Gasteiger partial charge in [-0.05, 0) is 72.6 Å². The zero-order valence-electron chi connectivity index (χ0n) is 23.1. The summed E-state index contributed by atoms with van der Waals surface area (Å²) in [4.78, 5) is 58.2. The van der Waals surface area contributed by atoms with Gasteiger partial charge in [0.2, 0.25) is 5.78 Å². The molecule has 0 saturated heterocycles. The molecular formula is C34H21BrCl2N2O5. The van der Waals surface area contributed by atoms with Crippen LogP contribution in [0.15, 0.2) is 89.4 Å². The SMILES string of the molecule is CCc1cc(Br)cc2c(C(=O)OCC(=O)c3ccc(Cl)cc3Cl)cc(-c3ccc(N4C(=O)c5ccccc5C4=O)cc3)nc12. The summed E-state index contributed by atoms with van der Waals surface area (Å²) in [6, 6.07) is 23.3. The predicted molar refractivity (Wildman–Crippen MR) is 173 cm³/mol. The van der Waals surface area contributed by atoms with Gasteiger partial charge in [0.05, 0.1) is 38.6 Å². The number of amides is 2. The minimum Gasteiger partial charge on any atom is -0.454 e. The van der Waals surface area contributed by atoms with Crippen molar-refractivity contribution < 1.29 is 23.9 Å². The molecule has 44 heavy (non-hydrogen) atoms. The summed E-state index contributed by atoms with van der Waals surface area (Å²) >= 11 is 15.6. The fourth-order valence-corrected chi connectivity index (χ4v) is 6.17. The van der Waals surface area contributed by atoms with E-state index < -0.39 is 18.4 Å². The van der Waals surface area contributed by atoms with Crippen LogP contribution in [0.25, 0.3) is 22.2 Å². The van der Waals surface area contributed by atoms with E-state index in [-0.39, 0.29) is 28.0 Å². The fourth-order valence-electron chi connectivity index (χ4n) is 5.15. The number of aromatic nitrogens is 1. The Morgan fingerprint density at radius 2 is 1.55 bits per heavy atom. The Balaban J connectivity index is 1.34. The van der Waals surface area contributed by atoms with E-state index >= 15 is 0 Å². The molecule has 1 aliphatic heterocycles. The first kappa shape index (κ1) is 29.7. The molecule has 2 amide bonds. The number of ketones is 1. The lowest BCUT2D eigenvalue weighted by Gasteiger charge is -2.15. The number of ether oxygens (including phenoxy) is 1. The van der Waals surface area contributed by atoms with Crippen molar-refractivity contribution in [2.45, 2.75) is 13.3 Å². The van der Waals surface area contributed by atoms with E-state index in [4.69, 9.17) is 32.9 Å². The number of esters is 1. The molecule has 5 aromatic rings. The van der Waals surface area contributed by atoms with E-state index in [0.29, 0.717) is 50.4 Å². The first-order chi connectivity index (χ1) is 21.2. The Bertz CT molecular complexity index is 1990. The summed E-state index contributed by atoms with van der Waals surface area (Å²) in [5, 5.41) is 1.11. The van der Waals surface area contributed by atoms with Crippen molar-refractivity contribution in [2.24, 2.45) is 0 Å². The van der Waals surface area contributed by atoms with Crippen molar-refractivity contribution in [1.82, 2.24) is 4.98 Å². The molecule has 4 aromatic carbocycles. The second-order valence-electron chi connectivity index (χ2n) is 10.0. The van der Waals surface area contributed by atoms with Gasteiger partial charge < -0.3 is 4.74 Å². The molecule has 0 spiro atoms. The monoisotopic (exact) mass is 686 g/mol. The van der Waals surface area contributed by atoms with Gasteiger partial charge >= 0.3 is 5.97 Å². The van der Waals surface area contributed by atoms with Crippen LogP contribution in [-0.4, -0.2) is 35.2 Å². The van der Waals surface area contributed by atoms with E-state index in [0.717, 1.165) is 14.9 Å². The van der Waals surface area contributed by atoms with Crippen molar-refractivity contribution in [1.29, 1.82) is 0 Å². The maximum atomic E-state index is 13.5. The number of carbonyl (C=O) groups excluding carboxylic acids is 4. The van der Waals surface area contributed by atoms with Crippen LogP contribution in [0.2, 0.25) is 10.0 Å². The Labute approximate surface area is 270 Å². The van der Waals surface area contributed by atoms with E-state index in [1.807, 2.05) is 13.0 Å². The Morgan fingerprint density at radius 1 is 0.864 bits per heavy atom. The standard InChI is InChI=1S/C34H21BrCl2N2O5/c1-2-18-13-20(35)14-26-27(34(43)44-17-30(40)25-12-9-21(36)15-28(25)37)16-29(38-31(18)26)19-7-10-22(11-8-19)39-32(41)23-5-3-4-6-24(23)33(39)42/h3-16H,2,17H2,1H3. The van der Waals surface area contributed by atoms with Crippen LogP contribution in [0.4, 0.5) is 5.69 Å². The number of pyridine rings is 1. The first-order valence-electron chi connectivity index (χ1n) is 13.5. The minimum absolute atomic E-state index is 0.163. The highest BCUT2D eigenvalue weighted by Crippen LogP contribution is 2.33. The van der Waals surface area contributed by atoms with Gasteiger partial charge in [-0.25, -0.2) is 14.7 Å². The highest BCUT2D eigenvalue weighted by atomic mass is 79.9. The highest BCUT2D eigenvalue weighted by Gasteiger charge is 2.36. The summed E-state index contributed by atoms with van der Waals surface area (Å²) in [6.45, 7) is 1.46. The van der Waals surface area contributed by atoms with Crippen molar-refractivity contribution in [3.05, 3.63) is 127 Å². The van der Waals surface area contributed by atoms with Crippen LogP contribution in [-0.2, 0) is 11.2 Å².